The number of piperidine rings is 1. The molecule has 1 N–H and O–H groups in total. The molecule has 2 aliphatic heterocycles. The molecule has 1 fully saturated rings. The molecule has 4 heterocycles. The van der Waals surface area contributed by atoms with Crippen molar-refractivity contribution in [2.75, 3.05) is 26.7 Å². The zero-order chi connectivity index (χ0) is 20.5. The minimum atomic E-state index is -0.0236. The second-order valence-electron chi connectivity index (χ2n) is 8.44. The van der Waals surface area contributed by atoms with Gasteiger partial charge in [0, 0.05) is 57.2 Å². The number of fused-ring (bicyclic) bond motifs is 1. The summed E-state index contributed by atoms with van der Waals surface area (Å²) < 4.78 is 1.90. The summed E-state index contributed by atoms with van der Waals surface area (Å²) >= 11 is 0. The Bertz CT molecular complexity index is 963. The van der Waals surface area contributed by atoms with Crippen LogP contribution in [0.1, 0.15) is 53.7 Å². The lowest BCUT2D eigenvalue weighted by molar-refractivity contribution is -0.132. The number of likely N-dealkylation sites (tertiary alicyclic amines) is 1. The fourth-order valence-corrected chi connectivity index (χ4v) is 4.46. The van der Waals surface area contributed by atoms with E-state index in [0.717, 1.165) is 60.8 Å². The molecule has 156 valence electrons. The van der Waals surface area contributed by atoms with Gasteiger partial charge in [0.2, 0.25) is 5.91 Å². The van der Waals surface area contributed by atoms with Crippen LogP contribution >= 0.6 is 0 Å². The van der Waals surface area contributed by atoms with E-state index in [2.05, 4.69) is 15.0 Å². The number of nitrogens with one attached hydrogen (secondary N) is 1. The van der Waals surface area contributed by atoms with E-state index in [1.807, 2.05) is 36.5 Å². The number of H-pyrrole nitrogens is 1. The molecule has 0 bridgehead atoms. The summed E-state index contributed by atoms with van der Waals surface area (Å²) in [5.74, 6) is 0.984. The summed E-state index contributed by atoms with van der Waals surface area (Å²) in [7, 11) is 2.02. The quantitative estimate of drug-likeness (QED) is 0.841. The number of hydrogen-bond donors (Lipinski definition) is 1. The van der Waals surface area contributed by atoms with E-state index in [1.165, 1.54) is 0 Å². The van der Waals surface area contributed by atoms with E-state index in [1.54, 1.807) is 0 Å². The summed E-state index contributed by atoms with van der Waals surface area (Å²) in [4.78, 5) is 37.2. The first-order valence-electron chi connectivity index (χ1n) is 10.5. The maximum absolute atomic E-state index is 12.8. The van der Waals surface area contributed by atoms with E-state index < -0.39 is 0 Å². The Hall–Kier alpha value is -2.48. The van der Waals surface area contributed by atoms with Gasteiger partial charge in [-0.15, -0.1) is 0 Å². The molecule has 4 rings (SSSR count). The number of carbonyl (C=O) groups excluding carboxylic acids is 1. The fourth-order valence-electron chi connectivity index (χ4n) is 4.46. The van der Waals surface area contributed by atoms with E-state index in [0.29, 0.717) is 26.1 Å². The van der Waals surface area contributed by atoms with Crippen LogP contribution in [0.3, 0.4) is 0 Å². The number of rotatable bonds is 4. The van der Waals surface area contributed by atoms with Gasteiger partial charge in [-0.2, -0.15) is 5.10 Å². The van der Waals surface area contributed by atoms with Crippen LogP contribution < -0.4 is 5.56 Å². The van der Waals surface area contributed by atoms with Gasteiger partial charge in [-0.05, 0) is 39.8 Å². The van der Waals surface area contributed by atoms with Crippen molar-refractivity contribution in [3.8, 4) is 0 Å². The van der Waals surface area contributed by atoms with Crippen LogP contribution in [0.15, 0.2) is 10.9 Å². The molecule has 0 aromatic carbocycles. The van der Waals surface area contributed by atoms with Crippen molar-refractivity contribution in [2.45, 2.75) is 58.5 Å². The van der Waals surface area contributed by atoms with E-state index >= 15 is 0 Å². The van der Waals surface area contributed by atoms with Crippen molar-refractivity contribution in [1.82, 2.24) is 29.5 Å². The molecule has 0 radical (unpaired) electrons. The third-order valence-corrected chi connectivity index (χ3v) is 6.08. The lowest BCUT2D eigenvalue weighted by Crippen LogP contribution is -2.41. The monoisotopic (exact) mass is 398 g/mol. The molecule has 1 amide bonds. The summed E-state index contributed by atoms with van der Waals surface area (Å²) in [5, 5.41) is 4.44. The maximum atomic E-state index is 12.8. The van der Waals surface area contributed by atoms with Crippen molar-refractivity contribution >= 4 is 5.91 Å². The molecule has 0 saturated carbocycles. The molecule has 0 spiro atoms. The first kappa shape index (κ1) is 19.8. The lowest BCUT2D eigenvalue weighted by atomic mass is 9.96. The topological polar surface area (TPSA) is 87.1 Å². The normalized spacial score (nSPS) is 20.0. The van der Waals surface area contributed by atoms with Gasteiger partial charge in [0.05, 0.1) is 17.0 Å². The number of likely N-dealkylation sites (N-methyl/N-ethyl adjacent to an activating group) is 1. The van der Waals surface area contributed by atoms with E-state index in [9.17, 15) is 9.59 Å². The third-order valence-electron chi connectivity index (χ3n) is 6.08. The molecule has 0 unspecified atom stereocenters. The zero-order valence-corrected chi connectivity index (χ0v) is 17.6. The molecule has 1 atom stereocenters. The molecule has 2 aromatic rings. The molecule has 8 nitrogen and oxygen atoms in total. The van der Waals surface area contributed by atoms with Crippen LogP contribution in [0.5, 0.6) is 0 Å². The Morgan fingerprint density at radius 1 is 1.31 bits per heavy atom. The van der Waals surface area contributed by atoms with Gasteiger partial charge in [0.15, 0.2) is 0 Å². The van der Waals surface area contributed by atoms with Gasteiger partial charge >= 0.3 is 0 Å². The summed E-state index contributed by atoms with van der Waals surface area (Å²) in [6, 6.07) is 2.03. The number of aromatic amines is 1. The second kappa shape index (κ2) is 8.10. The van der Waals surface area contributed by atoms with Gasteiger partial charge < -0.3 is 14.8 Å². The second-order valence-corrected chi connectivity index (χ2v) is 8.44. The Labute approximate surface area is 170 Å². The summed E-state index contributed by atoms with van der Waals surface area (Å²) in [6.45, 7) is 7.54. The maximum Gasteiger partial charge on any atom is 0.255 e. The average Bonchev–Trinajstić information content (AvgIpc) is 3.03. The fraction of sp³-hybridized carbons (Fsp3) is 0.619. The Balaban J connectivity index is 1.43. The molecule has 2 aromatic heterocycles. The van der Waals surface area contributed by atoms with Crippen molar-refractivity contribution in [1.29, 1.82) is 0 Å². The highest BCUT2D eigenvalue weighted by atomic mass is 16.2. The van der Waals surface area contributed by atoms with Crippen LogP contribution in [-0.4, -0.2) is 62.1 Å². The SMILES string of the molecule is Cc1cc(C)n(CCC(=O)N2CCC[C@H](c3nc4c(c(=O)[nH]3)CN(C)CC4)C2)n1. The van der Waals surface area contributed by atoms with Crippen LogP contribution in [0, 0.1) is 13.8 Å². The molecule has 8 heteroatoms. The van der Waals surface area contributed by atoms with Gasteiger partial charge in [0.25, 0.3) is 5.56 Å². The molecule has 0 aliphatic carbocycles. The van der Waals surface area contributed by atoms with Crippen LogP contribution in [0.25, 0.3) is 0 Å². The molecular formula is C21H30N6O2. The average molecular weight is 399 g/mol. The van der Waals surface area contributed by atoms with E-state index in [4.69, 9.17) is 4.98 Å². The van der Waals surface area contributed by atoms with Crippen LogP contribution in [-0.2, 0) is 24.3 Å². The number of aryl methyl sites for hydroxylation is 3. The third kappa shape index (κ3) is 4.27. The Morgan fingerprint density at radius 3 is 2.90 bits per heavy atom. The van der Waals surface area contributed by atoms with Gasteiger partial charge in [0.1, 0.15) is 5.82 Å². The van der Waals surface area contributed by atoms with Crippen molar-refractivity contribution < 1.29 is 4.79 Å². The number of aromatic nitrogens is 4. The number of carbonyl (C=O) groups is 1. The van der Waals surface area contributed by atoms with Crippen molar-refractivity contribution in [2.24, 2.45) is 0 Å². The van der Waals surface area contributed by atoms with E-state index in [-0.39, 0.29) is 17.4 Å². The molecule has 29 heavy (non-hydrogen) atoms. The predicted molar refractivity (Wildman–Crippen MR) is 110 cm³/mol. The number of amides is 1. The number of hydrogen-bond acceptors (Lipinski definition) is 5. The minimum absolute atomic E-state index is 0.0236. The first-order chi connectivity index (χ1) is 13.9. The minimum Gasteiger partial charge on any atom is -0.342 e. The highest BCUT2D eigenvalue weighted by molar-refractivity contribution is 5.76. The van der Waals surface area contributed by atoms with Crippen LogP contribution in [0.4, 0.5) is 0 Å². The van der Waals surface area contributed by atoms with Gasteiger partial charge in [-0.25, -0.2) is 4.98 Å². The predicted octanol–water partition coefficient (Wildman–Crippen LogP) is 1.37. The first-order valence-corrected chi connectivity index (χ1v) is 10.5. The van der Waals surface area contributed by atoms with Crippen molar-refractivity contribution in [3.63, 3.8) is 0 Å². The Morgan fingerprint density at radius 2 is 2.14 bits per heavy atom. The highest BCUT2D eigenvalue weighted by Crippen LogP contribution is 2.25. The smallest absolute Gasteiger partial charge is 0.255 e. The van der Waals surface area contributed by atoms with Crippen LogP contribution in [0.2, 0.25) is 0 Å². The molecular weight excluding hydrogens is 368 g/mol. The summed E-state index contributed by atoms with van der Waals surface area (Å²) in [6.07, 6.45) is 3.12. The van der Waals surface area contributed by atoms with Crippen molar-refractivity contribution in [3.05, 3.63) is 44.9 Å². The lowest BCUT2D eigenvalue weighted by Gasteiger charge is -2.33. The Kier molecular flexibility index (Phi) is 5.54. The standard InChI is InChI=1S/C21H30N6O2/c1-14-11-15(2)27(24-14)10-7-19(28)26-8-4-5-16(12-26)20-22-18-6-9-25(3)13-17(18)21(29)23-20/h11,16H,4-10,12-13H2,1-3H3,(H,22,23,29)/t16-/m0/s1. The largest absolute Gasteiger partial charge is 0.342 e. The van der Waals surface area contributed by atoms with Gasteiger partial charge in [-0.3, -0.25) is 14.3 Å². The molecule has 1 saturated heterocycles. The van der Waals surface area contributed by atoms with Gasteiger partial charge in [-0.1, -0.05) is 0 Å². The number of nitrogens with zero attached hydrogens (tertiary/aromatic N) is 5. The highest BCUT2D eigenvalue weighted by Gasteiger charge is 2.28. The molecule has 2 aliphatic rings. The summed E-state index contributed by atoms with van der Waals surface area (Å²) in [5.41, 5.74) is 3.74. The zero-order valence-electron chi connectivity index (χ0n) is 17.6.